The minimum absolute atomic E-state index is 0.0328. The van der Waals surface area contributed by atoms with Gasteiger partial charge in [-0.3, -0.25) is 14.9 Å². The molecule has 3 aromatic heterocycles. The first kappa shape index (κ1) is 15.8. The standard InChI is InChI=1S/C17H18N6OS/c1-12-2-3-15(25-12)13-10-14(21-20-13)17(24)23-8-6-22(7-9-23)16-11-18-4-5-19-16/h2-5,10-11H,6-9H2,1H3,(H,20,21). The molecule has 1 aliphatic rings. The molecular formula is C17H18N6OS. The summed E-state index contributed by atoms with van der Waals surface area (Å²) in [7, 11) is 0. The minimum Gasteiger partial charge on any atom is -0.352 e. The van der Waals surface area contributed by atoms with Gasteiger partial charge >= 0.3 is 0 Å². The lowest BCUT2D eigenvalue weighted by Crippen LogP contribution is -2.49. The van der Waals surface area contributed by atoms with Crippen LogP contribution in [0, 0.1) is 6.92 Å². The Balaban J connectivity index is 1.42. The van der Waals surface area contributed by atoms with Gasteiger partial charge in [0.25, 0.3) is 5.91 Å². The van der Waals surface area contributed by atoms with E-state index in [1.807, 2.05) is 17.0 Å². The fraction of sp³-hybridized carbons (Fsp3) is 0.294. The lowest BCUT2D eigenvalue weighted by atomic mass is 10.2. The van der Waals surface area contributed by atoms with Crippen molar-refractivity contribution < 1.29 is 4.79 Å². The zero-order valence-corrected chi connectivity index (χ0v) is 14.7. The quantitative estimate of drug-likeness (QED) is 0.780. The predicted molar refractivity (Wildman–Crippen MR) is 96.8 cm³/mol. The fourth-order valence-corrected chi connectivity index (χ4v) is 3.73. The van der Waals surface area contributed by atoms with Crippen LogP contribution in [-0.4, -0.2) is 57.2 Å². The molecule has 0 spiro atoms. The molecule has 25 heavy (non-hydrogen) atoms. The molecule has 4 rings (SSSR count). The summed E-state index contributed by atoms with van der Waals surface area (Å²) >= 11 is 1.68. The first-order valence-electron chi connectivity index (χ1n) is 8.13. The number of hydrogen-bond acceptors (Lipinski definition) is 6. The van der Waals surface area contributed by atoms with Gasteiger partial charge in [0.05, 0.1) is 16.8 Å². The summed E-state index contributed by atoms with van der Waals surface area (Å²) < 4.78 is 0. The molecule has 0 aliphatic carbocycles. The molecule has 0 unspecified atom stereocenters. The van der Waals surface area contributed by atoms with E-state index in [-0.39, 0.29) is 5.91 Å². The van der Waals surface area contributed by atoms with Gasteiger partial charge in [0.15, 0.2) is 5.69 Å². The second kappa shape index (κ2) is 6.64. The van der Waals surface area contributed by atoms with Crippen LogP contribution in [0.15, 0.2) is 36.8 Å². The van der Waals surface area contributed by atoms with E-state index in [4.69, 9.17) is 0 Å². The minimum atomic E-state index is -0.0328. The number of carbonyl (C=O) groups excluding carboxylic acids is 1. The lowest BCUT2D eigenvalue weighted by molar-refractivity contribution is 0.0740. The van der Waals surface area contributed by atoms with Gasteiger partial charge < -0.3 is 9.80 Å². The second-order valence-corrected chi connectivity index (χ2v) is 7.21. The molecule has 1 saturated heterocycles. The Morgan fingerprint density at radius 1 is 1.20 bits per heavy atom. The number of nitrogens with zero attached hydrogens (tertiary/aromatic N) is 5. The molecule has 7 nitrogen and oxygen atoms in total. The molecule has 3 aromatic rings. The average molecular weight is 354 g/mol. The van der Waals surface area contributed by atoms with Crippen molar-refractivity contribution in [3.8, 4) is 10.6 Å². The van der Waals surface area contributed by atoms with Crippen LogP contribution in [0.5, 0.6) is 0 Å². The molecule has 128 valence electrons. The zero-order valence-electron chi connectivity index (χ0n) is 13.8. The summed E-state index contributed by atoms with van der Waals surface area (Å²) in [4.78, 5) is 27.4. The highest BCUT2D eigenvalue weighted by Gasteiger charge is 2.24. The molecule has 0 saturated carbocycles. The number of carbonyl (C=O) groups is 1. The monoisotopic (exact) mass is 354 g/mol. The summed E-state index contributed by atoms with van der Waals surface area (Å²) in [5.74, 6) is 0.819. The van der Waals surface area contributed by atoms with Crippen molar-refractivity contribution in [2.24, 2.45) is 0 Å². The summed E-state index contributed by atoms with van der Waals surface area (Å²) in [6, 6.07) is 5.94. The van der Waals surface area contributed by atoms with Gasteiger partial charge in [0, 0.05) is 43.4 Å². The Bertz CT molecular complexity index is 866. The van der Waals surface area contributed by atoms with Crippen LogP contribution in [0.1, 0.15) is 15.4 Å². The van der Waals surface area contributed by atoms with E-state index in [2.05, 4.69) is 38.1 Å². The highest BCUT2D eigenvalue weighted by atomic mass is 32.1. The first-order valence-corrected chi connectivity index (χ1v) is 8.95. The molecule has 0 aromatic carbocycles. The van der Waals surface area contributed by atoms with Crippen LogP contribution in [0.3, 0.4) is 0 Å². The summed E-state index contributed by atoms with van der Waals surface area (Å²) in [5.41, 5.74) is 1.36. The third kappa shape index (κ3) is 3.25. The lowest BCUT2D eigenvalue weighted by Gasteiger charge is -2.34. The highest BCUT2D eigenvalue weighted by molar-refractivity contribution is 7.15. The SMILES string of the molecule is Cc1ccc(-c2cc(C(=O)N3CCN(c4cnccn4)CC3)n[nH]2)s1. The van der Waals surface area contributed by atoms with Crippen LogP contribution in [0.2, 0.25) is 0 Å². The topological polar surface area (TPSA) is 78.0 Å². The number of rotatable bonds is 3. The summed E-state index contributed by atoms with van der Waals surface area (Å²) in [6.07, 6.45) is 5.10. The molecule has 1 fully saturated rings. The number of nitrogens with one attached hydrogen (secondary N) is 1. The number of anilines is 1. The molecule has 4 heterocycles. The molecule has 1 N–H and O–H groups in total. The van der Waals surface area contributed by atoms with Crippen molar-refractivity contribution in [2.75, 3.05) is 31.1 Å². The smallest absolute Gasteiger partial charge is 0.274 e. The van der Waals surface area contributed by atoms with E-state index < -0.39 is 0 Å². The molecule has 0 atom stereocenters. The van der Waals surface area contributed by atoms with Crippen LogP contribution >= 0.6 is 11.3 Å². The third-order valence-electron chi connectivity index (χ3n) is 4.24. The number of piperazine rings is 1. The molecule has 0 bridgehead atoms. The van der Waals surface area contributed by atoms with E-state index in [1.54, 1.807) is 29.9 Å². The van der Waals surface area contributed by atoms with Gasteiger partial charge in [-0.05, 0) is 25.1 Å². The van der Waals surface area contributed by atoms with Crippen molar-refractivity contribution in [3.05, 3.63) is 47.4 Å². The second-order valence-electron chi connectivity index (χ2n) is 5.92. The Morgan fingerprint density at radius 2 is 2.04 bits per heavy atom. The van der Waals surface area contributed by atoms with Crippen LogP contribution in [0.25, 0.3) is 10.6 Å². The van der Waals surface area contributed by atoms with Gasteiger partial charge in [-0.15, -0.1) is 11.3 Å². The zero-order chi connectivity index (χ0) is 17.2. The number of thiophene rings is 1. The maximum atomic E-state index is 12.7. The number of amides is 1. The largest absolute Gasteiger partial charge is 0.352 e. The Labute approximate surface area is 149 Å². The molecular weight excluding hydrogens is 336 g/mol. The molecule has 1 aliphatic heterocycles. The van der Waals surface area contributed by atoms with Crippen molar-refractivity contribution in [3.63, 3.8) is 0 Å². The normalized spacial score (nSPS) is 14.8. The number of aromatic nitrogens is 4. The van der Waals surface area contributed by atoms with Gasteiger partial charge in [-0.1, -0.05) is 0 Å². The van der Waals surface area contributed by atoms with Gasteiger partial charge in [0.1, 0.15) is 5.82 Å². The Hall–Kier alpha value is -2.74. The van der Waals surface area contributed by atoms with Crippen LogP contribution in [-0.2, 0) is 0 Å². The number of H-pyrrole nitrogens is 1. The van der Waals surface area contributed by atoms with E-state index in [0.717, 1.165) is 29.5 Å². The number of hydrogen-bond donors (Lipinski definition) is 1. The Kier molecular flexibility index (Phi) is 4.19. The maximum Gasteiger partial charge on any atom is 0.274 e. The van der Waals surface area contributed by atoms with Crippen molar-refractivity contribution in [1.29, 1.82) is 0 Å². The van der Waals surface area contributed by atoms with E-state index in [1.165, 1.54) is 4.88 Å². The van der Waals surface area contributed by atoms with Crippen molar-refractivity contribution in [1.82, 2.24) is 25.1 Å². The summed E-state index contributed by atoms with van der Waals surface area (Å²) in [6.45, 7) is 4.84. The summed E-state index contributed by atoms with van der Waals surface area (Å²) in [5, 5.41) is 7.18. The highest BCUT2D eigenvalue weighted by Crippen LogP contribution is 2.26. The maximum absolute atomic E-state index is 12.7. The fourth-order valence-electron chi connectivity index (χ4n) is 2.89. The number of aromatic amines is 1. The van der Waals surface area contributed by atoms with Crippen molar-refractivity contribution in [2.45, 2.75) is 6.92 Å². The van der Waals surface area contributed by atoms with Crippen LogP contribution in [0.4, 0.5) is 5.82 Å². The van der Waals surface area contributed by atoms with Gasteiger partial charge in [0.2, 0.25) is 0 Å². The van der Waals surface area contributed by atoms with E-state index in [9.17, 15) is 4.79 Å². The average Bonchev–Trinajstić information content (AvgIpc) is 3.31. The number of aryl methyl sites for hydroxylation is 1. The third-order valence-corrected chi connectivity index (χ3v) is 5.28. The molecule has 0 radical (unpaired) electrons. The van der Waals surface area contributed by atoms with Gasteiger partial charge in [-0.2, -0.15) is 5.10 Å². The van der Waals surface area contributed by atoms with E-state index >= 15 is 0 Å². The van der Waals surface area contributed by atoms with Crippen molar-refractivity contribution >= 4 is 23.1 Å². The predicted octanol–water partition coefficient (Wildman–Crippen LogP) is 2.20. The Morgan fingerprint density at radius 3 is 2.72 bits per heavy atom. The molecule has 8 heteroatoms. The van der Waals surface area contributed by atoms with Gasteiger partial charge in [-0.25, -0.2) is 4.98 Å². The first-order chi connectivity index (χ1) is 12.2. The van der Waals surface area contributed by atoms with Crippen LogP contribution < -0.4 is 4.90 Å². The van der Waals surface area contributed by atoms with E-state index in [0.29, 0.717) is 18.8 Å². The molecule has 1 amide bonds.